The molecule has 0 rings (SSSR count). The molecule has 166 valence electrons. The summed E-state index contributed by atoms with van der Waals surface area (Å²) in [7, 11) is 0. The number of carbonyl (C=O) groups excluding carboxylic acids is 1. The molecule has 0 spiro atoms. The van der Waals surface area contributed by atoms with Crippen molar-refractivity contribution in [2.45, 2.75) is 90.1 Å². The van der Waals surface area contributed by atoms with Gasteiger partial charge in [-0.25, -0.2) is 0 Å². The minimum Gasteiger partial charge on any atom is -0.463 e. The molecule has 0 saturated carbocycles. The zero-order valence-corrected chi connectivity index (χ0v) is 18.3. The van der Waals surface area contributed by atoms with Gasteiger partial charge >= 0.3 is 5.97 Å². The molecule has 4 nitrogen and oxygen atoms in total. The summed E-state index contributed by atoms with van der Waals surface area (Å²) in [6, 6.07) is 0. The molecule has 0 fully saturated rings. The Kier molecular flexibility index (Phi) is 21.3. The summed E-state index contributed by atoms with van der Waals surface area (Å²) >= 11 is 0. The number of esters is 1. The highest BCUT2D eigenvalue weighted by atomic mass is 16.5. The van der Waals surface area contributed by atoms with Crippen LogP contribution >= 0.6 is 0 Å². The molecule has 0 heterocycles. The second-order valence-electron chi connectivity index (χ2n) is 7.21. The molecule has 0 unspecified atom stereocenters. The summed E-state index contributed by atoms with van der Waals surface area (Å²) in [5.74, 6) is -0.310. The largest absolute Gasteiger partial charge is 0.463 e. The third kappa shape index (κ3) is 22.5. The Morgan fingerprint density at radius 1 is 0.793 bits per heavy atom. The first-order valence-electron chi connectivity index (χ1n) is 11.2. The van der Waals surface area contributed by atoms with Crippen molar-refractivity contribution in [1.29, 1.82) is 0 Å². The molecular weight excluding hydrogens is 364 g/mol. The number of carbonyl (C=O) groups is 1. The Bertz CT molecular complexity index is 477. The number of aliphatic hydroxyl groups excluding tert-OH is 2. The Morgan fingerprint density at radius 2 is 1.31 bits per heavy atom. The number of hydrogen-bond donors (Lipinski definition) is 2. The fourth-order valence-corrected chi connectivity index (χ4v) is 2.58. The molecule has 0 saturated heterocycles. The van der Waals surface area contributed by atoms with E-state index in [1.807, 2.05) is 0 Å². The fraction of sp³-hybridized carbons (Fsp3) is 0.640. The summed E-state index contributed by atoms with van der Waals surface area (Å²) in [6.45, 7) is 1.72. The van der Waals surface area contributed by atoms with Crippen LogP contribution in [0.4, 0.5) is 0 Å². The molecule has 29 heavy (non-hydrogen) atoms. The summed E-state index contributed by atoms with van der Waals surface area (Å²) in [4.78, 5) is 11.4. The third-order valence-corrected chi connectivity index (χ3v) is 4.36. The average molecular weight is 407 g/mol. The smallest absolute Gasteiger partial charge is 0.305 e. The van der Waals surface area contributed by atoms with Crippen molar-refractivity contribution in [3.8, 4) is 0 Å². The van der Waals surface area contributed by atoms with Gasteiger partial charge in [0.2, 0.25) is 0 Å². The van der Waals surface area contributed by atoms with Gasteiger partial charge in [-0.15, -0.1) is 0 Å². The van der Waals surface area contributed by atoms with E-state index in [4.69, 9.17) is 14.9 Å². The zero-order chi connectivity index (χ0) is 21.4. The number of ether oxygens (including phenoxy) is 1. The molecule has 0 bridgehead atoms. The number of hydrogen-bond acceptors (Lipinski definition) is 4. The lowest BCUT2D eigenvalue weighted by molar-refractivity contribution is -0.147. The van der Waals surface area contributed by atoms with Crippen molar-refractivity contribution >= 4 is 5.97 Å². The lowest BCUT2D eigenvalue weighted by atomic mass is 10.1. The quantitative estimate of drug-likeness (QED) is 0.161. The van der Waals surface area contributed by atoms with Gasteiger partial charge in [0.1, 0.15) is 12.7 Å². The van der Waals surface area contributed by atoms with Crippen LogP contribution in [0.2, 0.25) is 0 Å². The molecule has 0 aromatic rings. The van der Waals surface area contributed by atoms with Crippen molar-refractivity contribution in [3.63, 3.8) is 0 Å². The van der Waals surface area contributed by atoms with Crippen LogP contribution in [0.25, 0.3) is 0 Å². The van der Waals surface area contributed by atoms with E-state index in [0.717, 1.165) is 44.9 Å². The van der Waals surface area contributed by atoms with Gasteiger partial charge < -0.3 is 14.9 Å². The number of unbranched alkanes of at least 4 members (excludes halogenated alkanes) is 6. The molecule has 0 aliphatic carbocycles. The molecule has 2 N–H and O–H groups in total. The highest BCUT2D eigenvalue weighted by Gasteiger charge is 2.07. The van der Waals surface area contributed by atoms with Gasteiger partial charge in [0, 0.05) is 6.42 Å². The molecule has 4 heteroatoms. The van der Waals surface area contributed by atoms with Crippen LogP contribution < -0.4 is 0 Å². The molecule has 0 aliphatic rings. The van der Waals surface area contributed by atoms with Crippen LogP contribution in [0.1, 0.15) is 84.0 Å². The van der Waals surface area contributed by atoms with E-state index in [1.165, 1.54) is 25.7 Å². The van der Waals surface area contributed by atoms with Crippen LogP contribution in [0, 0.1) is 0 Å². The van der Waals surface area contributed by atoms with Gasteiger partial charge in [0.05, 0.1) is 6.61 Å². The average Bonchev–Trinajstić information content (AvgIpc) is 2.73. The molecule has 0 amide bonds. The van der Waals surface area contributed by atoms with E-state index in [1.54, 1.807) is 0 Å². The highest BCUT2D eigenvalue weighted by Crippen LogP contribution is 2.06. The standard InChI is InChI=1S/C25H42O4/c1-2-3-4-5-6-7-8-9-10-11-12-13-14-15-16-17-18-19-20-21-25(28)29-23-24(27)22-26/h6-7,9-10,12-13,15-16,24,26-27H,2-5,8,11,14,17-23H2,1H3/b7-6+,10-9+,13-12+,16-15+/t24-/m0/s1. The minimum absolute atomic E-state index is 0.127. The van der Waals surface area contributed by atoms with Crippen molar-refractivity contribution < 1.29 is 19.7 Å². The second-order valence-corrected chi connectivity index (χ2v) is 7.21. The summed E-state index contributed by atoms with van der Waals surface area (Å²) < 4.78 is 4.85. The first-order valence-corrected chi connectivity index (χ1v) is 11.2. The van der Waals surface area contributed by atoms with E-state index < -0.39 is 6.10 Å². The van der Waals surface area contributed by atoms with Crippen LogP contribution in [0.5, 0.6) is 0 Å². The Morgan fingerprint density at radius 3 is 1.83 bits per heavy atom. The van der Waals surface area contributed by atoms with Crippen molar-refractivity contribution in [2.75, 3.05) is 13.2 Å². The molecule has 0 radical (unpaired) electrons. The van der Waals surface area contributed by atoms with E-state index in [2.05, 4.69) is 55.5 Å². The molecule has 0 aliphatic heterocycles. The van der Waals surface area contributed by atoms with E-state index in [-0.39, 0.29) is 19.2 Å². The maximum Gasteiger partial charge on any atom is 0.305 e. The summed E-state index contributed by atoms with van der Waals surface area (Å²) in [5.41, 5.74) is 0. The monoisotopic (exact) mass is 406 g/mol. The Hall–Kier alpha value is -1.65. The second kappa shape index (κ2) is 22.6. The molecule has 1 atom stereocenters. The van der Waals surface area contributed by atoms with Crippen molar-refractivity contribution in [1.82, 2.24) is 0 Å². The zero-order valence-electron chi connectivity index (χ0n) is 18.3. The third-order valence-electron chi connectivity index (χ3n) is 4.36. The first kappa shape index (κ1) is 27.4. The molecular formula is C25H42O4. The normalized spacial score (nSPS) is 13.3. The fourth-order valence-electron chi connectivity index (χ4n) is 2.58. The number of allylic oxidation sites excluding steroid dienone is 8. The highest BCUT2D eigenvalue weighted by molar-refractivity contribution is 5.69. The predicted molar refractivity (Wildman–Crippen MR) is 122 cm³/mol. The number of aliphatic hydroxyl groups is 2. The van der Waals surface area contributed by atoms with Crippen molar-refractivity contribution in [3.05, 3.63) is 48.6 Å². The maximum atomic E-state index is 11.4. The number of rotatable bonds is 19. The van der Waals surface area contributed by atoms with Gasteiger partial charge in [-0.1, -0.05) is 74.8 Å². The van der Waals surface area contributed by atoms with Gasteiger partial charge in [0.15, 0.2) is 0 Å². The van der Waals surface area contributed by atoms with Gasteiger partial charge in [-0.3, -0.25) is 4.79 Å². The molecule has 0 aromatic heterocycles. The topological polar surface area (TPSA) is 66.8 Å². The van der Waals surface area contributed by atoms with Crippen LogP contribution in [-0.4, -0.2) is 35.5 Å². The van der Waals surface area contributed by atoms with E-state index in [9.17, 15) is 4.79 Å². The summed E-state index contributed by atoms with van der Waals surface area (Å²) in [5, 5.41) is 17.7. The Balaban J connectivity index is 3.44. The lowest BCUT2D eigenvalue weighted by Gasteiger charge is -2.08. The van der Waals surface area contributed by atoms with Gasteiger partial charge in [-0.05, 0) is 51.4 Å². The maximum absolute atomic E-state index is 11.4. The van der Waals surface area contributed by atoms with Crippen LogP contribution in [0.15, 0.2) is 48.6 Å². The van der Waals surface area contributed by atoms with Gasteiger partial charge in [-0.2, -0.15) is 0 Å². The first-order chi connectivity index (χ1) is 14.2. The van der Waals surface area contributed by atoms with E-state index >= 15 is 0 Å². The Labute approximate surface area is 178 Å². The van der Waals surface area contributed by atoms with Crippen LogP contribution in [-0.2, 0) is 9.53 Å². The molecule has 0 aromatic carbocycles. The SMILES string of the molecule is CCCCC/C=C/C/C=C/C/C=C/C/C=C/CCCCCC(=O)OC[C@@H](O)CO. The summed E-state index contributed by atoms with van der Waals surface area (Å²) in [6.07, 6.45) is 29.1. The minimum atomic E-state index is -0.976. The lowest BCUT2D eigenvalue weighted by Crippen LogP contribution is -2.21. The van der Waals surface area contributed by atoms with Gasteiger partial charge in [0.25, 0.3) is 0 Å². The van der Waals surface area contributed by atoms with Crippen LogP contribution in [0.3, 0.4) is 0 Å². The van der Waals surface area contributed by atoms with Crippen molar-refractivity contribution in [2.24, 2.45) is 0 Å². The predicted octanol–water partition coefficient (Wildman–Crippen LogP) is 5.81. The van der Waals surface area contributed by atoms with E-state index in [0.29, 0.717) is 6.42 Å².